The number of ether oxygens (including phenoxy) is 2. The molecule has 1 fully saturated rings. The first-order valence-electron chi connectivity index (χ1n) is 12.6. The van der Waals surface area contributed by atoms with Gasteiger partial charge in [-0.15, -0.1) is 0 Å². The van der Waals surface area contributed by atoms with E-state index in [1.807, 2.05) is 36.4 Å². The predicted octanol–water partition coefficient (Wildman–Crippen LogP) is 5.06. The number of halogens is 3. The number of amides is 2. The van der Waals surface area contributed by atoms with Crippen molar-refractivity contribution in [2.24, 2.45) is 0 Å². The summed E-state index contributed by atoms with van der Waals surface area (Å²) >= 11 is 12.3. The number of morpholine rings is 1. The second-order valence-corrected chi connectivity index (χ2v) is 10.4. The summed E-state index contributed by atoms with van der Waals surface area (Å²) in [6, 6.07) is 17.1. The van der Waals surface area contributed by atoms with Gasteiger partial charge in [-0.3, -0.25) is 19.4 Å². The van der Waals surface area contributed by atoms with Crippen molar-refractivity contribution < 1.29 is 23.5 Å². The third kappa shape index (κ3) is 6.04. The molecule has 204 valence electrons. The van der Waals surface area contributed by atoms with Crippen LogP contribution in [0.25, 0.3) is 11.1 Å². The fourth-order valence-corrected chi connectivity index (χ4v) is 5.17. The fraction of sp³-hybridized carbons (Fsp3) is 0.310. The minimum atomic E-state index is -0.593. The Kier molecular flexibility index (Phi) is 8.37. The van der Waals surface area contributed by atoms with E-state index < -0.39 is 11.9 Å². The highest BCUT2D eigenvalue weighted by Crippen LogP contribution is 2.39. The van der Waals surface area contributed by atoms with Crippen LogP contribution in [0.4, 0.5) is 10.1 Å². The minimum absolute atomic E-state index is 0.227. The zero-order valence-corrected chi connectivity index (χ0v) is 22.9. The van der Waals surface area contributed by atoms with Crippen LogP contribution in [0, 0.1) is 5.82 Å². The summed E-state index contributed by atoms with van der Waals surface area (Å²) in [5.41, 5.74) is 2.42. The molecule has 2 amide bonds. The van der Waals surface area contributed by atoms with Crippen LogP contribution in [-0.4, -0.2) is 74.7 Å². The summed E-state index contributed by atoms with van der Waals surface area (Å²) in [4.78, 5) is 31.4. The molecule has 0 aromatic heterocycles. The molecular weight excluding hydrogens is 544 g/mol. The molecule has 0 N–H and O–H groups in total. The van der Waals surface area contributed by atoms with E-state index in [-0.39, 0.29) is 35.0 Å². The van der Waals surface area contributed by atoms with Crippen molar-refractivity contribution >= 4 is 40.7 Å². The highest BCUT2D eigenvalue weighted by Gasteiger charge is 2.33. The van der Waals surface area contributed by atoms with Crippen molar-refractivity contribution in [2.45, 2.75) is 6.04 Å². The Balaban J connectivity index is 1.43. The molecule has 2 heterocycles. The summed E-state index contributed by atoms with van der Waals surface area (Å²) in [6.45, 7) is 2.43. The van der Waals surface area contributed by atoms with Crippen molar-refractivity contribution in [3.63, 3.8) is 0 Å². The molecule has 1 unspecified atom stereocenters. The third-order valence-corrected chi connectivity index (χ3v) is 7.82. The van der Waals surface area contributed by atoms with Gasteiger partial charge in [-0.05, 0) is 23.3 Å². The highest BCUT2D eigenvalue weighted by molar-refractivity contribution is 6.42. The Bertz CT molecular complexity index is 1370. The topological polar surface area (TPSA) is 62.3 Å². The Hall–Kier alpha value is -3.17. The smallest absolute Gasteiger partial charge is 0.265 e. The van der Waals surface area contributed by atoms with E-state index >= 15 is 4.39 Å². The number of anilines is 1. The van der Waals surface area contributed by atoms with Gasteiger partial charge >= 0.3 is 0 Å². The van der Waals surface area contributed by atoms with E-state index in [0.29, 0.717) is 49.8 Å². The Morgan fingerprint density at radius 3 is 2.46 bits per heavy atom. The number of hydrogen-bond donors (Lipinski definition) is 0. The van der Waals surface area contributed by atoms with Gasteiger partial charge in [-0.2, -0.15) is 0 Å². The van der Waals surface area contributed by atoms with Crippen molar-refractivity contribution in [3.8, 4) is 16.9 Å². The van der Waals surface area contributed by atoms with Gasteiger partial charge in [0, 0.05) is 38.3 Å². The van der Waals surface area contributed by atoms with E-state index in [2.05, 4.69) is 4.90 Å². The van der Waals surface area contributed by atoms with Gasteiger partial charge in [0.25, 0.3) is 5.91 Å². The molecule has 0 aliphatic carbocycles. The molecular formula is C29H28Cl2FN3O4. The molecule has 1 saturated heterocycles. The number of hydrogen-bond acceptors (Lipinski definition) is 5. The zero-order valence-electron chi connectivity index (χ0n) is 21.4. The average molecular weight is 572 g/mol. The van der Waals surface area contributed by atoms with Gasteiger partial charge < -0.3 is 14.4 Å². The number of carbonyl (C=O) groups excluding carboxylic acids is 2. The van der Waals surface area contributed by atoms with Crippen LogP contribution >= 0.6 is 23.2 Å². The maximum absolute atomic E-state index is 15.7. The number of likely N-dealkylation sites (N-methyl/N-ethyl adjacent to an activating group) is 1. The lowest BCUT2D eigenvalue weighted by Crippen LogP contribution is -2.49. The van der Waals surface area contributed by atoms with E-state index in [9.17, 15) is 9.59 Å². The Morgan fingerprint density at radius 2 is 1.74 bits per heavy atom. The van der Waals surface area contributed by atoms with Crippen molar-refractivity contribution in [1.29, 1.82) is 0 Å². The van der Waals surface area contributed by atoms with Crippen molar-refractivity contribution in [3.05, 3.63) is 82.1 Å². The molecule has 1 atom stereocenters. The van der Waals surface area contributed by atoms with Crippen LogP contribution in [0.5, 0.6) is 5.75 Å². The molecule has 0 spiro atoms. The Morgan fingerprint density at radius 1 is 1.03 bits per heavy atom. The van der Waals surface area contributed by atoms with Gasteiger partial charge in [0.2, 0.25) is 5.91 Å². The van der Waals surface area contributed by atoms with Crippen LogP contribution in [-0.2, 0) is 14.3 Å². The summed E-state index contributed by atoms with van der Waals surface area (Å²) in [7, 11) is 1.64. The van der Waals surface area contributed by atoms with Crippen LogP contribution in [0.2, 0.25) is 10.0 Å². The molecule has 0 saturated carbocycles. The van der Waals surface area contributed by atoms with Crippen LogP contribution in [0.15, 0.2) is 60.7 Å². The lowest BCUT2D eigenvalue weighted by atomic mass is 9.98. The zero-order chi connectivity index (χ0) is 27.5. The molecule has 3 aromatic rings. The summed E-state index contributed by atoms with van der Waals surface area (Å²) in [5, 5.41) is 0.526. The summed E-state index contributed by atoms with van der Waals surface area (Å²) in [5.74, 6) is -0.770. The highest BCUT2D eigenvalue weighted by atomic mass is 35.5. The SMILES string of the molecule is CN(C(=O)CN1C(=O)COc2cc(Cl)c(Cl)cc21)C(CN1CCOCC1)c1ccc(-c2ccccc2)cc1F. The maximum Gasteiger partial charge on any atom is 0.265 e. The average Bonchev–Trinajstić information content (AvgIpc) is 2.95. The number of nitrogens with zero attached hydrogens (tertiary/aromatic N) is 3. The van der Waals surface area contributed by atoms with Crippen LogP contribution in [0.1, 0.15) is 11.6 Å². The first kappa shape index (κ1) is 27.4. The van der Waals surface area contributed by atoms with E-state index in [4.69, 9.17) is 32.7 Å². The first-order chi connectivity index (χ1) is 18.8. The standard InChI is InChI=1S/C29H28Cl2FN3O4/c1-33(28(36)17-35-25-14-22(30)23(31)15-27(25)39-18-29(35)37)26(16-34-9-11-38-12-10-34)21-8-7-20(13-24(21)32)19-5-3-2-4-6-19/h2-8,13-15,26H,9-12,16-18H2,1H3. The Labute approximate surface area is 236 Å². The fourth-order valence-electron chi connectivity index (χ4n) is 4.86. The van der Waals surface area contributed by atoms with Gasteiger partial charge in [-0.1, -0.05) is 65.7 Å². The minimum Gasteiger partial charge on any atom is -0.482 e. The molecule has 0 bridgehead atoms. The van der Waals surface area contributed by atoms with E-state index in [0.717, 1.165) is 11.1 Å². The van der Waals surface area contributed by atoms with Gasteiger partial charge in [0.1, 0.15) is 18.1 Å². The van der Waals surface area contributed by atoms with Gasteiger partial charge in [-0.25, -0.2) is 4.39 Å². The summed E-state index contributed by atoms with van der Waals surface area (Å²) < 4.78 is 26.6. The number of fused-ring (bicyclic) bond motifs is 1. The first-order valence-corrected chi connectivity index (χ1v) is 13.4. The predicted molar refractivity (Wildman–Crippen MR) is 149 cm³/mol. The largest absolute Gasteiger partial charge is 0.482 e. The second-order valence-electron chi connectivity index (χ2n) is 9.54. The van der Waals surface area contributed by atoms with Gasteiger partial charge in [0.05, 0.1) is 35.0 Å². The second kappa shape index (κ2) is 11.9. The lowest BCUT2D eigenvalue weighted by molar-refractivity contribution is -0.133. The normalized spacial score (nSPS) is 16.4. The molecule has 39 heavy (non-hydrogen) atoms. The molecule has 2 aliphatic rings. The van der Waals surface area contributed by atoms with Gasteiger partial charge in [0.15, 0.2) is 6.61 Å². The van der Waals surface area contributed by atoms with Crippen molar-refractivity contribution in [2.75, 3.05) is 57.9 Å². The summed E-state index contributed by atoms with van der Waals surface area (Å²) in [6.07, 6.45) is 0. The lowest BCUT2D eigenvalue weighted by Gasteiger charge is -2.37. The third-order valence-electron chi connectivity index (χ3n) is 7.10. The maximum atomic E-state index is 15.7. The van der Waals surface area contributed by atoms with E-state index in [1.54, 1.807) is 13.1 Å². The van der Waals surface area contributed by atoms with Crippen LogP contribution < -0.4 is 9.64 Å². The molecule has 3 aromatic carbocycles. The number of rotatable bonds is 7. The van der Waals surface area contributed by atoms with E-state index in [1.165, 1.54) is 28.0 Å². The molecule has 5 rings (SSSR count). The molecule has 10 heteroatoms. The molecule has 0 radical (unpaired) electrons. The van der Waals surface area contributed by atoms with Crippen LogP contribution in [0.3, 0.4) is 0 Å². The quantitative estimate of drug-likeness (QED) is 0.397. The molecule has 2 aliphatic heterocycles. The molecule has 7 nitrogen and oxygen atoms in total. The monoisotopic (exact) mass is 571 g/mol. The van der Waals surface area contributed by atoms with Crippen molar-refractivity contribution in [1.82, 2.24) is 9.80 Å². The number of benzene rings is 3. The number of carbonyl (C=O) groups is 2.